The Morgan fingerprint density at radius 2 is 1.94 bits per heavy atom. The van der Waals surface area contributed by atoms with Crippen LogP contribution in [0.2, 0.25) is 5.15 Å². The fourth-order valence-corrected chi connectivity index (χ4v) is 1.02. The van der Waals surface area contributed by atoms with Gasteiger partial charge in [0.05, 0.1) is 5.56 Å². The Bertz CT molecular complexity index is 395. The lowest BCUT2D eigenvalue weighted by Crippen LogP contribution is -2.19. The minimum absolute atomic E-state index is 0.477. The SMILES string of the molecule is Nc1c(Cl)ncc(C(F)F)c1OC(F)(F)F. The molecule has 0 atom stereocenters. The first kappa shape index (κ1) is 12.8. The van der Waals surface area contributed by atoms with Crippen molar-refractivity contribution in [2.75, 3.05) is 5.73 Å². The maximum Gasteiger partial charge on any atom is 0.573 e. The van der Waals surface area contributed by atoms with Gasteiger partial charge in [-0.25, -0.2) is 13.8 Å². The van der Waals surface area contributed by atoms with Crippen molar-refractivity contribution in [2.24, 2.45) is 0 Å². The average molecular weight is 263 g/mol. The molecule has 1 aromatic heterocycles. The molecular weight excluding hydrogens is 259 g/mol. The van der Waals surface area contributed by atoms with Crippen LogP contribution in [0, 0.1) is 0 Å². The second-order valence-corrected chi connectivity index (χ2v) is 2.95. The van der Waals surface area contributed by atoms with Crippen LogP contribution in [0.4, 0.5) is 27.6 Å². The van der Waals surface area contributed by atoms with E-state index in [1.807, 2.05) is 0 Å². The first-order chi connectivity index (χ1) is 7.22. The van der Waals surface area contributed by atoms with Gasteiger partial charge in [-0.1, -0.05) is 11.6 Å². The zero-order chi connectivity index (χ0) is 12.5. The number of rotatable bonds is 2. The molecule has 2 N–H and O–H groups in total. The molecule has 0 aliphatic rings. The fraction of sp³-hybridized carbons (Fsp3) is 0.286. The number of anilines is 1. The highest BCUT2D eigenvalue weighted by molar-refractivity contribution is 6.32. The van der Waals surface area contributed by atoms with E-state index in [1.165, 1.54) is 0 Å². The van der Waals surface area contributed by atoms with Gasteiger partial charge in [0.15, 0.2) is 10.9 Å². The maximum absolute atomic E-state index is 12.3. The number of hydrogen-bond donors (Lipinski definition) is 1. The molecule has 0 fully saturated rings. The minimum Gasteiger partial charge on any atom is -0.403 e. The van der Waals surface area contributed by atoms with E-state index in [0.29, 0.717) is 6.20 Å². The summed E-state index contributed by atoms with van der Waals surface area (Å²) in [5, 5.41) is -0.538. The average Bonchev–Trinajstić information content (AvgIpc) is 2.10. The molecule has 0 aliphatic heterocycles. The lowest BCUT2D eigenvalue weighted by molar-refractivity contribution is -0.274. The molecule has 0 spiro atoms. The standard InChI is InChI=1S/C7H4ClF5N2O/c8-5-3(14)4(16-7(11,12)13)2(1-15-5)6(9)10/h1,6H,14H2. The van der Waals surface area contributed by atoms with Crippen molar-refractivity contribution in [3.8, 4) is 5.75 Å². The van der Waals surface area contributed by atoms with Gasteiger partial charge >= 0.3 is 6.36 Å². The number of ether oxygens (including phenoxy) is 1. The van der Waals surface area contributed by atoms with E-state index < -0.39 is 34.9 Å². The number of hydrogen-bond acceptors (Lipinski definition) is 3. The van der Waals surface area contributed by atoms with Crippen LogP contribution < -0.4 is 10.5 Å². The number of aromatic nitrogens is 1. The van der Waals surface area contributed by atoms with E-state index in [0.717, 1.165) is 0 Å². The van der Waals surface area contributed by atoms with Crippen molar-refractivity contribution in [3.63, 3.8) is 0 Å². The number of nitrogens with zero attached hydrogens (tertiary/aromatic N) is 1. The quantitative estimate of drug-likeness (QED) is 0.658. The highest BCUT2D eigenvalue weighted by Crippen LogP contribution is 2.39. The molecule has 16 heavy (non-hydrogen) atoms. The molecular formula is C7H4ClF5N2O. The molecule has 0 unspecified atom stereocenters. The molecule has 0 saturated carbocycles. The molecule has 0 radical (unpaired) electrons. The van der Waals surface area contributed by atoms with Crippen LogP contribution in [0.15, 0.2) is 6.20 Å². The third kappa shape index (κ3) is 2.84. The Labute approximate surface area is 91.0 Å². The van der Waals surface area contributed by atoms with Gasteiger partial charge < -0.3 is 10.5 Å². The minimum atomic E-state index is -5.14. The highest BCUT2D eigenvalue weighted by atomic mass is 35.5. The normalized spacial score (nSPS) is 11.9. The molecule has 9 heteroatoms. The Hall–Kier alpha value is -1.31. The molecule has 0 aliphatic carbocycles. The number of halogens is 6. The van der Waals surface area contributed by atoms with E-state index in [-0.39, 0.29) is 0 Å². The molecule has 0 amide bonds. The summed E-state index contributed by atoms with van der Waals surface area (Å²) in [5.41, 5.74) is 3.22. The molecule has 1 aromatic rings. The van der Waals surface area contributed by atoms with Crippen molar-refractivity contribution >= 4 is 17.3 Å². The summed E-state index contributed by atoms with van der Waals surface area (Å²) < 4.78 is 63.8. The predicted molar refractivity (Wildman–Crippen MR) is 45.3 cm³/mol. The summed E-state index contributed by atoms with van der Waals surface area (Å²) in [4.78, 5) is 3.20. The smallest absolute Gasteiger partial charge is 0.403 e. The fourth-order valence-electron chi connectivity index (χ4n) is 0.889. The van der Waals surface area contributed by atoms with Crippen molar-refractivity contribution in [2.45, 2.75) is 12.8 Å². The Balaban J connectivity index is 3.26. The van der Waals surface area contributed by atoms with Gasteiger partial charge in [0.25, 0.3) is 6.43 Å². The van der Waals surface area contributed by atoms with Gasteiger partial charge in [0.2, 0.25) is 0 Å². The Morgan fingerprint density at radius 1 is 1.38 bits per heavy atom. The second kappa shape index (κ2) is 4.28. The highest BCUT2D eigenvalue weighted by Gasteiger charge is 2.35. The Kier molecular flexibility index (Phi) is 3.41. The van der Waals surface area contributed by atoms with E-state index >= 15 is 0 Å². The molecule has 3 nitrogen and oxygen atoms in total. The first-order valence-corrected chi connectivity index (χ1v) is 4.08. The monoisotopic (exact) mass is 262 g/mol. The summed E-state index contributed by atoms with van der Waals surface area (Å²) in [5.74, 6) is -1.22. The topological polar surface area (TPSA) is 48.1 Å². The molecule has 1 heterocycles. The lowest BCUT2D eigenvalue weighted by atomic mass is 10.2. The molecule has 90 valence electrons. The van der Waals surface area contributed by atoms with Gasteiger partial charge in [0.1, 0.15) is 5.69 Å². The first-order valence-electron chi connectivity index (χ1n) is 3.70. The van der Waals surface area contributed by atoms with Crippen molar-refractivity contribution in [1.29, 1.82) is 0 Å². The summed E-state index contributed by atoms with van der Waals surface area (Å²) in [6.45, 7) is 0. The van der Waals surface area contributed by atoms with Crippen molar-refractivity contribution in [1.82, 2.24) is 4.98 Å². The van der Waals surface area contributed by atoms with Gasteiger partial charge in [-0.2, -0.15) is 0 Å². The maximum atomic E-state index is 12.3. The third-order valence-corrected chi connectivity index (χ3v) is 1.80. The van der Waals surface area contributed by atoms with Crippen LogP contribution in [-0.2, 0) is 0 Å². The van der Waals surface area contributed by atoms with E-state index in [2.05, 4.69) is 9.72 Å². The van der Waals surface area contributed by atoms with Gasteiger partial charge in [-0.3, -0.25) is 0 Å². The van der Waals surface area contributed by atoms with Crippen molar-refractivity contribution in [3.05, 3.63) is 16.9 Å². The van der Waals surface area contributed by atoms with Gasteiger partial charge in [-0.15, -0.1) is 13.2 Å². The van der Waals surface area contributed by atoms with Crippen LogP contribution in [0.1, 0.15) is 12.0 Å². The zero-order valence-corrected chi connectivity index (χ0v) is 8.11. The lowest BCUT2D eigenvalue weighted by Gasteiger charge is -2.14. The largest absolute Gasteiger partial charge is 0.573 e. The number of nitrogen functional groups attached to an aromatic ring is 1. The van der Waals surface area contributed by atoms with Crippen LogP contribution in [0.3, 0.4) is 0 Å². The van der Waals surface area contributed by atoms with Crippen LogP contribution in [-0.4, -0.2) is 11.3 Å². The zero-order valence-electron chi connectivity index (χ0n) is 7.36. The van der Waals surface area contributed by atoms with Gasteiger partial charge in [-0.05, 0) is 0 Å². The van der Waals surface area contributed by atoms with E-state index in [9.17, 15) is 22.0 Å². The molecule has 0 bridgehead atoms. The van der Waals surface area contributed by atoms with Crippen LogP contribution >= 0.6 is 11.6 Å². The summed E-state index contributed by atoms with van der Waals surface area (Å²) >= 11 is 5.29. The predicted octanol–water partition coefficient (Wildman–Crippen LogP) is 3.15. The van der Waals surface area contributed by atoms with Crippen LogP contribution in [0.5, 0.6) is 5.75 Å². The number of pyridine rings is 1. The number of nitrogens with two attached hydrogens (primary N) is 1. The van der Waals surface area contributed by atoms with E-state index in [4.69, 9.17) is 17.3 Å². The van der Waals surface area contributed by atoms with Gasteiger partial charge in [0, 0.05) is 6.20 Å². The summed E-state index contributed by atoms with van der Waals surface area (Å²) in [6, 6.07) is 0. The third-order valence-electron chi connectivity index (χ3n) is 1.50. The second-order valence-electron chi connectivity index (χ2n) is 2.60. The number of alkyl halides is 5. The molecule has 1 rings (SSSR count). The van der Waals surface area contributed by atoms with E-state index in [1.54, 1.807) is 0 Å². The van der Waals surface area contributed by atoms with Crippen molar-refractivity contribution < 1.29 is 26.7 Å². The molecule has 0 aromatic carbocycles. The Morgan fingerprint density at radius 3 is 2.38 bits per heavy atom. The summed E-state index contributed by atoms with van der Waals surface area (Å²) in [7, 11) is 0. The summed E-state index contributed by atoms with van der Waals surface area (Å²) in [6.07, 6.45) is -7.86. The molecule has 0 saturated heterocycles. The van der Waals surface area contributed by atoms with Crippen LogP contribution in [0.25, 0.3) is 0 Å².